The number of amidine groups is 1. The van der Waals surface area contributed by atoms with E-state index >= 15 is 0 Å². The van der Waals surface area contributed by atoms with E-state index in [9.17, 15) is 0 Å². The van der Waals surface area contributed by atoms with E-state index in [0.717, 1.165) is 11.5 Å². The van der Waals surface area contributed by atoms with E-state index in [2.05, 4.69) is 34.8 Å². The molecule has 0 spiro atoms. The molecule has 56 valence electrons. The lowest BCUT2D eigenvalue weighted by Crippen LogP contribution is -2.26. The van der Waals surface area contributed by atoms with Crippen molar-refractivity contribution >= 4 is 11.5 Å². The minimum Gasteiger partial charge on any atom is -0.251 e. The molecule has 0 fully saturated rings. The van der Waals surface area contributed by atoms with Gasteiger partial charge in [0.1, 0.15) is 0 Å². The van der Waals surface area contributed by atoms with Crippen LogP contribution in [0.3, 0.4) is 0 Å². The Bertz CT molecular complexity index is 306. The molecule has 0 aromatic heterocycles. The molecule has 0 amide bonds. The maximum Gasteiger partial charge on any atom is 0.291 e. The van der Waals surface area contributed by atoms with Gasteiger partial charge in [0.2, 0.25) is 5.71 Å². The van der Waals surface area contributed by atoms with Crippen molar-refractivity contribution in [1.82, 2.24) is 0 Å². The summed E-state index contributed by atoms with van der Waals surface area (Å²) < 4.78 is 2.18. The number of rotatable bonds is 0. The van der Waals surface area contributed by atoms with Crippen molar-refractivity contribution in [2.75, 3.05) is 7.05 Å². The Morgan fingerprint density at radius 3 is 3.00 bits per heavy atom. The fraction of sp³-hybridized carbons (Fsp3) is 0.333. The van der Waals surface area contributed by atoms with E-state index in [1.54, 1.807) is 0 Å². The normalized spacial score (nSPS) is 27.5. The van der Waals surface area contributed by atoms with Crippen molar-refractivity contribution < 1.29 is 4.58 Å². The third kappa shape index (κ3) is 0.862. The minimum atomic E-state index is 0.389. The van der Waals surface area contributed by atoms with E-state index in [-0.39, 0.29) is 0 Å². The van der Waals surface area contributed by atoms with E-state index in [4.69, 9.17) is 0 Å². The van der Waals surface area contributed by atoms with Gasteiger partial charge in [0, 0.05) is 6.92 Å². The molecule has 0 saturated carbocycles. The molecule has 1 atom stereocenters. The second-order valence-electron chi connectivity index (χ2n) is 2.88. The molecule has 0 saturated heterocycles. The first kappa shape index (κ1) is 6.53. The molecule has 1 unspecified atom stereocenters. The number of fused-ring (bicyclic) bond motifs is 1. The summed E-state index contributed by atoms with van der Waals surface area (Å²) in [5, 5.41) is 0. The molecule has 2 aliphatic rings. The number of hydrogen-bond donors (Lipinski definition) is 0. The first-order valence-electron chi connectivity index (χ1n) is 3.79. The smallest absolute Gasteiger partial charge is 0.251 e. The largest absolute Gasteiger partial charge is 0.291 e. The van der Waals surface area contributed by atoms with Gasteiger partial charge < -0.3 is 0 Å². The molecule has 0 aromatic rings. The average Bonchev–Trinajstić information content (AvgIpc) is 2.30. The highest BCUT2D eigenvalue weighted by molar-refractivity contribution is 6.09. The van der Waals surface area contributed by atoms with Gasteiger partial charge in [-0.25, -0.2) is 0 Å². The Kier molecular flexibility index (Phi) is 1.28. The van der Waals surface area contributed by atoms with Gasteiger partial charge in [-0.3, -0.25) is 4.58 Å². The maximum absolute atomic E-state index is 4.41. The van der Waals surface area contributed by atoms with Crippen LogP contribution in [-0.4, -0.2) is 29.2 Å². The summed E-state index contributed by atoms with van der Waals surface area (Å²) in [4.78, 5) is 4.41. The van der Waals surface area contributed by atoms with E-state index < -0.39 is 0 Å². The first-order chi connectivity index (χ1) is 5.29. The number of nitrogens with zero attached hydrogens (tertiary/aromatic N) is 2. The monoisotopic (exact) mass is 147 g/mol. The molecule has 2 heteroatoms. The molecule has 1 aliphatic carbocycles. The number of likely N-dealkylation sites (N-methyl/N-ethyl adjacent to an activating group) is 1. The summed E-state index contributed by atoms with van der Waals surface area (Å²) >= 11 is 0. The average molecular weight is 147 g/mol. The third-order valence-corrected chi connectivity index (χ3v) is 2.19. The zero-order chi connectivity index (χ0) is 7.84. The standard InChI is InChI=1S/C9H11N2/c1-7-10-8-5-3-4-6-9(8)11(7)2/h3-6,9H,1-2H3/q+1. The zero-order valence-corrected chi connectivity index (χ0v) is 6.78. The van der Waals surface area contributed by atoms with Crippen LogP contribution in [0.2, 0.25) is 0 Å². The van der Waals surface area contributed by atoms with Crippen molar-refractivity contribution in [3.8, 4) is 0 Å². The SMILES string of the molecule is CC1=[N+](C)C2C=CC=CC2=N1. The second kappa shape index (κ2) is 2.16. The Morgan fingerprint density at radius 1 is 1.45 bits per heavy atom. The van der Waals surface area contributed by atoms with Gasteiger partial charge in [-0.15, -0.1) is 0 Å². The summed E-state index contributed by atoms with van der Waals surface area (Å²) in [6.45, 7) is 2.03. The van der Waals surface area contributed by atoms with Crippen molar-refractivity contribution in [2.45, 2.75) is 13.0 Å². The highest BCUT2D eigenvalue weighted by Crippen LogP contribution is 2.10. The summed E-state index contributed by atoms with van der Waals surface area (Å²) in [5.41, 5.74) is 1.16. The van der Waals surface area contributed by atoms with E-state index in [1.807, 2.05) is 13.0 Å². The molecule has 0 N–H and O–H groups in total. The summed E-state index contributed by atoms with van der Waals surface area (Å²) in [5.74, 6) is 1.10. The van der Waals surface area contributed by atoms with Gasteiger partial charge >= 0.3 is 0 Å². The predicted octanol–water partition coefficient (Wildman–Crippen LogP) is 0.996. The Balaban J connectivity index is 2.44. The van der Waals surface area contributed by atoms with Crippen LogP contribution in [-0.2, 0) is 0 Å². The summed E-state index contributed by atoms with van der Waals surface area (Å²) in [6, 6.07) is 0.389. The highest BCUT2D eigenvalue weighted by atomic mass is 15.1. The van der Waals surface area contributed by atoms with Crippen LogP contribution in [0.1, 0.15) is 6.92 Å². The van der Waals surface area contributed by atoms with Crippen LogP contribution >= 0.6 is 0 Å². The molecule has 11 heavy (non-hydrogen) atoms. The van der Waals surface area contributed by atoms with Crippen molar-refractivity contribution in [3.63, 3.8) is 0 Å². The maximum atomic E-state index is 4.41. The molecule has 2 rings (SSSR count). The molecule has 1 aliphatic heterocycles. The number of hydrogen-bond acceptors (Lipinski definition) is 1. The predicted molar refractivity (Wildman–Crippen MR) is 46.4 cm³/mol. The molecule has 1 heterocycles. The van der Waals surface area contributed by atoms with Crippen LogP contribution in [0.15, 0.2) is 29.3 Å². The van der Waals surface area contributed by atoms with Gasteiger partial charge in [-0.05, 0) is 17.1 Å². The minimum absolute atomic E-state index is 0.389. The van der Waals surface area contributed by atoms with Gasteiger partial charge in [0.05, 0.1) is 7.05 Å². The Labute approximate surface area is 66.3 Å². The fourth-order valence-corrected chi connectivity index (χ4v) is 1.42. The third-order valence-electron chi connectivity index (χ3n) is 2.19. The van der Waals surface area contributed by atoms with Crippen LogP contribution < -0.4 is 0 Å². The number of aliphatic imine (C=N–C) groups is 1. The molecule has 0 aromatic carbocycles. The van der Waals surface area contributed by atoms with Crippen molar-refractivity contribution in [3.05, 3.63) is 24.3 Å². The zero-order valence-electron chi connectivity index (χ0n) is 6.78. The van der Waals surface area contributed by atoms with Gasteiger partial charge in [-0.1, -0.05) is 12.2 Å². The number of allylic oxidation sites excluding steroid dienone is 2. The Hall–Kier alpha value is -1.18. The van der Waals surface area contributed by atoms with Crippen LogP contribution in [0.4, 0.5) is 0 Å². The summed E-state index contributed by atoms with van der Waals surface area (Å²) in [6.07, 6.45) is 8.33. The molecular formula is C9H11N2+. The van der Waals surface area contributed by atoms with Gasteiger partial charge in [0.25, 0.3) is 5.84 Å². The quantitative estimate of drug-likeness (QED) is 0.454. The highest BCUT2D eigenvalue weighted by Gasteiger charge is 2.30. The van der Waals surface area contributed by atoms with Crippen LogP contribution in [0, 0.1) is 0 Å². The van der Waals surface area contributed by atoms with Gasteiger partial charge in [0.15, 0.2) is 6.04 Å². The molecular weight excluding hydrogens is 136 g/mol. The molecule has 0 bridgehead atoms. The lowest BCUT2D eigenvalue weighted by molar-refractivity contribution is -0.504. The lowest BCUT2D eigenvalue weighted by Gasteiger charge is -2.05. The first-order valence-corrected chi connectivity index (χ1v) is 3.79. The van der Waals surface area contributed by atoms with E-state index in [0.29, 0.717) is 6.04 Å². The second-order valence-corrected chi connectivity index (χ2v) is 2.88. The topological polar surface area (TPSA) is 15.4 Å². The molecule has 0 radical (unpaired) electrons. The lowest BCUT2D eigenvalue weighted by atomic mass is 10.1. The molecule has 2 nitrogen and oxygen atoms in total. The van der Waals surface area contributed by atoms with E-state index in [1.165, 1.54) is 0 Å². The summed E-state index contributed by atoms with van der Waals surface area (Å²) in [7, 11) is 2.07. The van der Waals surface area contributed by atoms with Gasteiger partial charge in [-0.2, -0.15) is 0 Å². The van der Waals surface area contributed by atoms with Crippen molar-refractivity contribution in [2.24, 2.45) is 4.99 Å². The Morgan fingerprint density at radius 2 is 2.27 bits per heavy atom. The van der Waals surface area contributed by atoms with Crippen molar-refractivity contribution in [1.29, 1.82) is 0 Å². The fourth-order valence-electron chi connectivity index (χ4n) is 1.42. The van der Waals surface area contributed by atoms with Crippen LogP contribution in [0.25, 0.3) is 0 Å². The van der Waals surface area contributed by atoms with Crippen LogP contribution in [0.5, 0.6) is 0 Å².